The van der Waals surface area contributed by atoms with Crippen LogP contribution in [0.25, 0.3) is 0 Å². The smallest absolute Gasteiger partial charge is 0.273 e. The molecule has 1 aliphatic heterocycles. The second kappa shape index (κ2) is 8.79. The van der Waals surface area contributed by atoms with Crippen LogP contribution in [0.4, 0.5) is 5.69 Å². The van der Waals surface area contributed by atoms with Crippen LogP contribution in [0.2, 0.25) is 5.02 Å². The molecule has 0 spiro atoms. The number of rotatable bonds is 7. The average molecular weight is 439 g/mol. The van der Waals surface area contributed by atoms with E-state index in [0.717, 1.165) is 5.56 Å². The zero-order valence-electron chi connectivity index (χ0n) is 15.4. The molecule has 0 radical (unpaired) electrons. The first kappa shape index (κ1) is 21.1. The maximum atomic E-state index is 12.9. The van der Waals surface area contributed by atoms with Crippen LogP contribution < -0.4 is 4.74 Å². The number of amides is 1. The van der Waals surface area contributed by atoms with Crippen LogP contribution in [-0.4, -0.2) is 48.3 Å². The third-order valence-corrected chi connectivity index (χ3v) is 6.63. The Hall–Kier alpha value is -2.65. The summed E-state index contributed by atoms with van der Waals surface area (Å²) < 4.78 is 29.2. The maximum absolute atomic E-state index is 12.9. The van der Waals surface area contributed by atoms with E-state index in [1.807, 2.05) is 0 Å². The minimum Gasteiger partial charge on any atom is -0.484 e. The summed E-state index contributed by atoms with van der Waals surface area (Å²) in [6.45, 7) is -0.139. The normalized spacial score (nSPS) is 17.6. The molecule has 1 aliphatic rings. The summed E-state index contributed by atoms with van der Waals surface area (Å²) in [6.07, 6.45) is 0.360. The lowest BCUT2D eigenvalue weighted by atomic mass is 10.1. The van der Waals surface area contributed by atoms with Gasteiger partial charge in [-0.3, -0.25) is 14.9 Å². The lowest BCUT2D eigenvalue weighted by Crippen LogP contribution is -2.43. The molecule has 2 aromatic carbocycles. The molecule has 2 aromatic rings. The predicted octanol–water partition coefficient (Wildman–Crippen LogP) is 2.84. The number of ether oxygens (including phenoxy) is 1. The van der Waals surface area contributed by atoms with E-state index >= 15 is 0 Å². The number of nitro benzene ring substituents is 1. The van der Waals surface area contributed by atoms with Crippen LogP contribution in [0.15, 0.2) is 48.5 Å². The van der Waals surface area contributed by atoms with Gasteiger partial charge in [0.25, 0.3) is 11.6 Å². The maximum Gasteiger partial charge on any atom is 0.273 e. The Balaban J connectivity index is 1.74. The fraction of sp³-hybridized carbons (Fsp3) is 0.316. The summed E-state index contributed by atoms with van der Waals surface area (Å²) in [5, 5.41) is 11.4. The minimum atomic E-state index is -3.19. The molecular formula is C19H19ClN2O6S. The lowest BCUT2D eigenvalue weighted by Gasteiger charge is -2.28. The van der Waals surface area contributed by atoms with Crippen LogP contribution in [0.3, 0.4) is 0 Å². The first-order chi connectivity index (χ1) is 13.7. The Morgan fingerprint density at radius 3 is 2.59 bits per heavy atom. The first-order valence-electron chi connectivity index (χ1n) is 8.85. The third-order valence-electron chi connectivity index (χ3n) is 4.63. The van der Waals surface area contributed by atoms with E-state index in [1.165, 1.54) is 29.2 Å². The van der Waals surface area contributed by atoms with Crippen LogP contribution >= 0.6 is 11.6 Å². The van der Waals surface area contributed by atoms with Crippen LogP contribution in [-0.2, 0) is 21.2 Å². The van der Waals surface area contributed by atoms with Gasteiger partial charge in [0.2, 0.25) is 0 Å². The van der Waals surface area contributed by atoms with Gasteiger partial charge in [0, 0.05) is 23.7 Å². The van der Waals surface area contributed by atoms with Crippen molar-refractivity contribution in [2.75, 3.05) is 18.1 Å². The second-order valence-electron chi connectivity index (χ2n) is 6.75. The highest BCUT2D eigenvalue weighted by molar-refractivity contribution is 7.91. The lowest BCUT2D eigenvalue weighted by molar-refractivity contribution is -0.384. The summed E-state index contributed by atoms with van der Waals surface area (Å²) in [5.74, 6) is -0.261. The summed E-state index contributed by atoms with van der Waals surface area (Å²) in [6, 6.07) is 12.0. The fourth-order valence-electron chi connectivity index (χ4n) is 3.14. The summed E-state index contributed by atoms with van der Waals surface area (Å²) in [7, 11) is -3.19. The standard InChI is InChI=1S/C19H19ClN2O6S/c20-15-6-4-14(5-7-15)11-21(17-8-9-29(26,27)13-17)19(23)12-28-18-3-1-2-16(10-18)22(24)25/h1-7,10,17H,8-9,11-13H2. The van der Waals surface area contributed by atoms with Crippen LogP contribution in [0.5, 0.6) is 5.75 Å². The van der Waals surface area contributed by atoms with Crippen molar-refractivity contribution < 1.29 is 22.9 Å². The number of hydrogen-bond donors (Lipinski definition) is 0. The highest BCUT2D eigenvalue weighted by Gasteiger charge is 2.34. The van der Waals surface area contributed by atoms with Gasteiger partial charge in [0.15, 0.2) is 16.4 Å². The van der Waals surface area contributed by atoms with Gasteiger partial charge in [0.1, 0.15) is 5.75 Å². The number of carbonyl (C=O) groups excluding carboxylic acids is 1. The Kier molecular flexibility index (Phi) is 6.39. The van der Waals surface area contributed by atoms with Crippen molar-refractivity contribution in [2.24, 2.45) is 0 Å². The Morgan fingerprint density at radius 1 is 1.24 bits per heavy atom. The van der Waals surface area contributed by atoms with E-state index in [-0.39, 0.29) is 36.1 Å². The van der Waals surface area contributed by atoms with Crippen LogP contribution in [0.1, 0.15) is 12.0 Å². The van der Waals surface area contributed by atoms with Crippen molar-refractivity contribution in [3.8, 4) is 5.75 Å². The number of non-ortho nitro benzene ring substituents is 1. The van der Waals surface area contributed by atoms with Gasteiger partial charge < -0.3 is 9.64 Å². The van der Waals surface area contributed by atoms with Crippen molar-refractivity contribution >= 4 is 33.0 Å². The largest absolute Gasteiger partial charge is 0.484 e. The molecule has 8 nitrogen and oxygen atoms in total. The molecule has 0 N–H and O–H groups in total. The van der Waals surface area contributed by atoms with Crippen molar-refractivity contribution in [2.45, 2.75) is 19.0 Å². The molecule has 1 unspecified atom stereocenters. The fourth-order valence-corrected chi connectivity index (χ4v) is 5.00. The molecule has 3 rings (SSSR count). The SMILES string of the molecule is O=C(COc1cccc([N+](=O)[O-])c1)N(Cc1ccc(Cl)cc1)C1CCS(=O)(=O)C1. The Morgan fingerprint density at radius 2 is 1.97 bits per heavy atom. The number of hydrogen-bond acceptors (Lipinski definition) is 6. The number of nitro groups is 1. The van der Waals surface area contributed by atoms with Gasteiger partial charge >= 0.3 is 0 Å². The Bertz CT molecular complexity index is 1010. The van der Waals surface area contributed by atoms with E-state index in [9.17, 15) is 23.3 Å². The molecule has 154 valence electrons. The van der Waals surface area contributed by atoms with Gasteiger partial charge in [-0.1, -0.05) is 29.8 Å². The molecule has 10 heteroatoms. The molecular weight excluding hydrogens is 420 g/mol. The predicted molar refractivity (Wildman–Crippen MR) is 108 cm³/mol. The number of carbonyl (C=O) groups is 1. The van der Waals surface area contributed by atoms with Gasteiger partial charge in [-0.2, -0.15) is 0 Å². The average Bonchev–Trinajstić information content (AvgIpc) is 3.05. The molecule has 0 bridgehead atoms. The number of sulfone groups is 1. The summed E-state index contributed by atoms with van der Waals surface area (Å²) >= 11 is 5.90. The second-order valence-corrected chi connectivity index (χ2v) is 9.41. The number of nitrogens with zero attached hydrogens (tertiary/aromatic N) is 2. The zero-order valence-corrected chi connectivity index (χ0v) is 16.9. The van der Waals surface area contributed by atoms with E-state index in [4.69, 9.17) is 16.3 Å². The van der Waals surface area contributed by atoms with E-state index in [2.05, 4.69) is 0 Å². The minimum absolute atomic E-state index is 0.0355. The molecule has 1 heterocycles. The molecule has 0 aromatic heterocycles. The van der Waals surface area contributed by atoms with Crippen LogP contribution in [0, 0.1) is 10.1 Å². The first-order valence-corrected chi connectivity index (χ1v) is 11.0. The molecule has 29 heavy (non-hydrogen) atoms. The molecule has 0 aliphatic carbocycles. The van der Waals surface area contributed by atoms with Crippen molar-refractivity contribution in [1.29, 1.82) is 0 Å². The quantitative estimate of drug-likeness (QED) is 0.486. The van der Waals surface area contributed by atoms with Crippen molar-refractivity contribution in [3.63, 3.8) is 0 Å². The van der Waals surface area contributed by atoms with Gasteiger partial charge in [0.05, 0.1) is 22.5 Å². The Labute approximate surface area is 173 Å². The highest BCUT2D eigenvalue weighted by Crippen LogP contribution is 2.23. The van der Waals surface area contributed by atoms with Gasteiger partial charge in [-0.15, -0.1) is 0 Å². The highest BCUT2D eigenvalue weighted by atomic mass is 35.5. The molecule has 1 atom stereocenters. The van der Waals surface area contributed by atoms with E-state index < -0.39 is 26.7 Å². The van der Waals surface area contributed by atoms with Crippen molar-refractivity contribution in [1.82, 2.24) is 4.90 Å². The molecule has 1 fully saturated rings. The van der Waals surface area contributed by atoms with Gasteiger partial charge in [-0.25, -0.2) is 8.42 Å². The molecule has 0 saturated carbocycles. The van der Waals surface area contributed by atoms with Crippen molar-refractivity contribution in [3.05, 3.63) is 69.2 Å². The zero-order chi connectivity index (χ0) is 21.0. The third kappa shape index (κ3) is 5.68. The topological polar surface area (TPSA) is 107 Å². The van der Waals surface area contributed by atoms with Gasteiger partial charge in [-0.05, 0) is 30.2 Å². The number of benzene rings is 2. The summed E-state index contributed by atoms with van der Waals surface area (Å²) in [5.41, 5.74) is 0.664. The monoisotopic (exact) mass is 438 g/mol. The van der Waals surface area contributed by atoms with E-state index in [0.29, 0.717) is 11.4 Å². The molecule has 1 saturated heterocycles. The summed E-state index contributed by atoms with van der Waals surface area (Å²) in [4.78, 5) is 24.7. The number of halogens is 1. The van der Waals surface area contributed by atoms with E-state index in [1.54, 1.807) is 24.3 Å². The molecule has 1 amide bonds.